The zero-order valence-electron chi connectivity index (χ0n) is 6.90. The van der Waals surface area contributed by atoms with Gasteiger partial charge < -0.3 is 0 Å². The molecule has 0 amide bonds. The molecule has 5 heteroatoms. The van der Waals surface area contributed by atoms with E-state index in [1.807, 2.05) is 0 Å². The van der Waals surface area contributed by atoms with Crippen molar-refractivity contribution in [1.29, 1.82) is 5.26 Å². The minimum atomic E-state index is -0.134. The maximum atomic E-state index is 8.80. The molecule has 0 saturated heterocycles. The first kappa shape index (κ1) is 9.10. The minimum Gasteiger partial charge on any atom is -0.223 e. The van der Waals surface area contributed by atoms with Crippen LogP contribution in [-0.4, -0.2) is 14.7 Å². The summed E-state index contributed by atoms with van der Waals surface area (Å²) in [6.07, 6.45) is 2.42. The average Bonchev–Trinajstić information content (AvgIpc) is 2.89. The molecule has 1 aliphatic rings. The smallest absolute Gasteiger partial charge is 0.145 e. The van der Waals surface area contributed by atoms with Gasteiger partial charge in [0.2, 0.25) is 0 Å². The van der Waals surface area contributed by atoms with Crippen molar-refractivity contribution in [2.45, 2.75) is 24.7 Å². The molecule has 3 nitrogen and oxygen atoms in total. The molecule has 0 spiro atoms. The van der Waals surface area contributed by atoms with Crippen molar-refractivity contribution >= 4 is 27.5 Å². The van der Waals surface area contributed by atoms with E-state index in [1.165, 1.54) is 24.4 Å². The van der Waals surface area contributed by atoms with E-state index in [1.54, 1.807) is 0 Å². The van der Waals surface area contributed by atoms with E-state index >= 15 is 0 Å². The largest absolute Gasteiger partial charge is 0.223 e. The third-order valence-corrected chi connectivity index (χ3v) is 3.50. The lowest BCUT2D eigenvalue weighted by molar-refractivity contribution is 0.917. The molecule has 2 rings (SSSR count). The number of rotatable bonds is 3. The Bertz CT molecular complexity index is 339. The van der Waals surface area contributed by atoms with Crippen LogP contribution in [0, 0.1) is 11.3 Å². The second-order valence-electron chi connectivity index (χ2n) is 3.10. The highest BCUT2D eigenvalue weighted by atomic mass is 79.9. The van der Waals surface area contributed by atoms with E-state index < -0.39 is 0 Å². The predicted molar refractivity (Wildman–Crippen MR) is 54.0 cm³/mol. The summed E-state index contributed by atoms with van der Waals surface area (Å²) in [7, 11) is 0. The molecule has 0 N–H and O–H groups in total. The summed E-state index contributed by atoms with van der Waals surface area (Å²) in [6.45, 7) is 0. The maximum Gasteiger partial charge on any atom is 0.145 e. The van der Waals surface area contributed by atoms with Crippen molar-refractivity contribution < 1.29 is 0 Å². The van der Waals surface area contributed by atoms with Crippen LogP contribution < -0.4 is 0 Å². The van der Waals surface area contributed by atoms with Crippen LogP contribution in [0.25, 0.3) is 0 Å². The lowest BCUT2D eigenvalue weighted by Gasteiger charge is -1.96. The Morgan fingerprint density at radius 1 is 1.69 bits per heavy atom. The lowest BCUT2D eigenvalue weighted by atomic mass is 10.2. The molecular weight excluding hydrogens is 250 g/mol. The summed E-state index contributed by atoms with van der Waals surface area (Å²) in [5.41, 5.74) is 0. The fourth-order valence-electron chi connectivity index (χ4n) is 1.05. The average molecular weight is 258 g/mol. The molecule has 1 atom stereocenters. The molecule has 1 saturated carbocycles. The van der Waals surface area contributed by atoms with Gasteiger partial charge in [0.1, 0.15) is 16.7 Å². The first-order valence-electron chi connectivity index (χ1n) is 4.14. The summed E-state index contributed by atoms with van der Waals surface area (Å²) in [4.78, 5) is 4.37. The Hall–Kier alpha value is -0.470. The molecule has 13 heavy (non-hydrogen) atoms. The van der Waals surface area contributed by atoms with Crippen molar-refractivity contribution in [1.82, 2.24) is 9.36 Å². The van der Waals surface area contributed by atoms with Gasteiger partial charge in [-0.3, -0.25) is 0 Å². The summed E-state index contributed by atoms with van der Waals surface area (Å²) in [6, 6.07) is 2.20. The van der Waals surface area contributed by atoms with Gasteiger partial charge in [0.15, 0.2) is 0 Å². The second-order valence-corrected chi connectivity index (χ2v) is 4.53. The first-order valence-corrected chi connectivity index (χ1v) is 6.03. The zero-order chi connectivity index (χ0) is 9.26. The monoisotopic (exact) mass is 257 g/mol. The van der Waals surface area contributed by atoms with Gasteiger partial charge in [-0.15, -0.1) is 0 Å². The third-order valence-electron chi connectivity index (χ3n) is 2.01. The lowest BCUT2D eigenvalue weighted by Crippen LogP contribution is -1.96. The van der Waals surface area contributed by atoms with Crippen LogP contribution >= 0.6 is 27.5 Å². The van der Waals surface area contributed by atoms with Crippen molar-refractivity contribution in [3.05, 3.63) is 10.8 Å². The standard InChI is InChI=1S/C8H8BrN3S/c9-3-6(4-10)8-11-7(12-13-8)5-1-2-5/h5-6H,1-3H2. The number of nitriles is 1. The van der Waals surface area contributed by atoms with E-state index in [4.69, 9.17) is 5.26 Å². The topological polar surface area (TPSA) is 49.6 Å². The Morgan fingerprint density at radius 3 is 3.00 bits per heavy atom. The molecule has 1 unspecified atom stereocenters. The van der Waals surface area contributed by atoms with Crippen molar-refractivity contribution in [3.63, 3.8) is 0 Å². The number of hydrogen-bond acceptors (Lipinski definition) is 4. The van der Waals surface area contributed by atoms with Gasteiger partial charge in [-0.2, -0.15) is 9.64 Å². The van der Waals surface area contributed by atoms with Gasteiger partial charge in [0.05, 0.1) is 6.07 Å². The molecule has 68 valence electrons. The molecule has 1 aliphatic carbocycles. The van der Waals surface area contributed by atoms with Gasteiger partial charge in [-0.05, 0) is 24.4 Å². The highest BCUT2D eigenvalue weighted by Gasteiger charge is 2.28. The molecule has 1 aromatic rings. The first-order chi connectivity index (χ1) is 6.35. The summed E-state index contributed by atoms with van der Waals surface area (Å²) < 4.78 is 4.25. The SMILES string of the molecule is N#CC(CBr)c1nc(C2CC2)ns1. The number of hydrogen-bond donors (Lipinski definition) is 0. The molecular formula is C8H8BrN3S. The molecule has 1 heterocycles. The zero-order valence-corrected chi connectivity index (χ0v) is 9.31. The van der Waals surface area contributed by atoms with E-state index in [0.717, 1.165) is 10.8 Å². The van der Waals surface area contributed by atoms with Crippen molar-refractivity contribution in [2.24, 2.45) is 0 Å². The van der Waals surface area contributed by atoms with Crippen LogP contribution in [0.5, 0.6) is 0 Å². The van der Waals surface area contributed by atoms with Gasteiger partial charge in [-0.1, -0.05) is 15.9 Å². The van der Waals surface area contributed by atoms with Crippen LogP contribution in [-0.2, 0) is 0 Å². The Labute approximate surface area is 89.1 Å². The third kappa shape index (κ3) is 1.89. The predicted octanol–water partition coefficient (Wildman–Crippen LogP) is 2.42. The van der Waals surface area contributed by atoms with Crippen LogP contribution in [0.2, 0.25) is 0 Å². The molecule has 1 aromatic heterocycles. The Balaban J connectivity index is 2.16. The van der Waals surface area contributed by atoms with E-state index in [2.05, 4.69) is 31.4 Å². The minimum absolute atomic E-state index is 0.134. The number of nitrogens with zero attached hydrogens (tertiary/aromatic N) is 3. The summed E-state index contributed by atoms with van der Waals surface area (Å²) in [5.74, 6) is 1.39. The van der Waals surface area contributed by atoms with Gasteiger partial charge in [0.25, 0.3) is 0 Å². The van der Waals surface area contributed by atoms with Crippen LogP contribution in [0.4, 0.5) is 0 Å². The summed E-state index contributed by atoms with van der Waals surface area (Å²) in [5, 5.41) is 10.3. The maximum absolute atomic E-state index is 8.80. The van der Waals surface area contributed by atoms with Crippen LogP contribution in [0.1, 0.15) is 35.5 Å². The molecule has 0 aliphatic heterocycles. The number of alkyl halides is 1. The quantitative estimate of drug-likeness (QED) is 0.782. The molecule has 1 fully saturated rings. The molecule has 0 aromatic carbocycles. The number of aromatic nitrogens is 2. The normalized spacial score (nSPS) is 18.2. The van der Waals surface area contributed by atoms with E-state index in [0.29, 0.717) is 11.2 Å². The van der Waals surface area contributed by atoms with E-state index in [9.17, 15) is 0 Å². The van der Waals surface area contributed by atoms with Gasteiger partial charge >= 0.3 is 0 Å². The van der Waals surface area contributed by atoms with E-state index in [-0.39, 0.29) is 5.92 Å². The fourth-order valence-corrected chi connectivity index (χ4v) is 2.49. The highest BCUT2D eigenvalue weighted by Crippen LogP contribution is 2.39. The fraction of sp³-hybridized carbons (Fsp3) is 0.625. The Kier molecular flexibility index (Phi) is 2.61. The van der Waals surface area contributed by atoms with Gasteiger partial charge in [-0.25, -0.2) is 4.98 Å². The second kappa shape index (κ2) is 3.72. The molecule has 0 bridgehead atoms. The van der Waals surface area contributed by atoms with Crippen LogP contribution in [0.15, 0.2) is 0 Å². The van der Waals surface area contributed by atoms with Crippen molar-refractivity contribution in [3.8, 4) is 6.07 Å². The Morgan fingerprint density at radius 2 is 2.46 bits per heavy atom. The highest BCUT2D eigenvalue weighted by molar-refractivity contribution is 9.09. The number of halogens is 1. The summed E-state index contributed by atoms with van der Waals surface area (Å²) >= 11 is 4.65. The van der Waals surface area contributed by atoms with Crippen molar-refractivity contribution in [2.75, 3.05) is 5.33 Å². The van der Waals surface area contributed by atoms with Crippen LogP contribution in [0.3, 0.4) is 0 Å². The van der Waals surface area contributed by atoms with Gasteiger partial charge in [0, 0.05) is 11.2 Å². The molecule has 0 radical (unpaired) electrons.